The Bertz CT molecular complexity index is 473. The van der Waals surface area contributed by atoms with Crippen LogP contribution in [-0.4, -0.2) is 39.8 Å². The number of rotatable bonds is 3. The third-order valence-electron chi connectivity index (χ3n) is 2.96. The van der Waals surface area contributed by atoms with E-state index in [1.165, 1.54) is 29.2 Å². The van der Waals surface area contributed by atoms with Crippen LogP contribution in [0.2, 0.25) is 0 Å². The van der Waals surface area contributed by atoms with Crippen molar-refractivity contribution < 1.29 is 19.9 Å². The van der Waals surface area contributed by atoms with Crippen molar-refractivity contribution in [3.63, 3.8) is 0 Å². The summed E-state index contributed by atoms with van der Waals surface area (Å²) in [7, 11) is 0. The third-order valence-corrected chi connectivity index (χ3v) is 2.96. The normalized spacial score (nSPS) is 23.1. The second kappa shape index (κ2) is 4.61. The summed E-state index contributed by atoms with van der Waals surface area (Å²) in [6, 6.07) is 4.83. The average Bonchev–Trinajstić information content (AvgIpc) is 2.71. The van der Waals surface area contributed by atoms with Gasteiger partial charge in [0.15, 0.2) is 0 Å². The molecule has 2 atom stereocenters. The first-order valence-electron chi connectivity index (χ1n) is 5.41. The van der Waals surface area contributed by atoms with Gasteiger partial charge in [-0.1, -0.05) is 0 Å². The second-order valence-corrected chi connectivity index (χ2v) is 4.17. The Morgan fingerprint density at radius 2 is 2.00 bits per heavy atom. The summed E-state index contributed by atoms with van der Waals surface area (Å²) in [5, 5.41) is 29.1. The summed E-state index contributed by atoms with van der Waals surface area (Å²) < 4.78 is 0. The lowest BCUT2D eigenvalue weighted by Crippen LogP contribution is -2.35. The summed E-state index contributed by atoms with van der Waals surface area (Å²) in [6.07, 6.45) is -0.534. The van der Waals surface area contributed by atoms with Crippen molar-refractivity contribution >= 4 is 17.3 Å². The zero-order chi connectivity index (χ0) is 13.3. The molecule has 2 rings (SSSR count). The number of carboxylic acid groups (broad SMARTS) is 1. The van der Waals surface area contributed by atoms with E-state index >= 15 is 0 Å². The summed E-state index contributed by atoms with van der Waals surface area (Å²) in [5.74, 6) is -1.01. The molecule has 1 unspecified atom stereocenters. The van der Waals surface area contributed by atoms with Gasteiger partial charge in [0.05, 0.1) is 11.0 Å². The first-order valence-corrected chi connectivity index (χ1v) is 5.41. The molecule has 0 aromatic heterocycles. The van der Waals surface area contributed by atoms with Gasteiger partial charge in [0.25, 0.3) is 5.69 Å². The highest BCUT2D eigenvalue weighted by atomic mass is 16.6. The lowest BCUT2D eigenvalue weighted by atomic mass is 10.2. The number of aliphatic hydroxyl groups excluding tert-OH is 1. The summed E-state index contributed by atoms with van der Waals surface area (Å²) in [6.45, 7) is 0.217. The van der Waals surface area contributed by atoms with E-state index in [1.54, 1.807) is 0 Å². The van der Waals surface area contributed by atoms with Gasteiger partial charge in [-0.05, 0) is 12.1 Å². The molecule has 1 fully saturated rings. The molecule has 1 aromatic carbocycles. The fraction of sp³-hybridized carbons (Fsp3) is 0.364. The average molecular weight is 252 g/mol. The molecule has 7 nitrogen and oxygen atoms in total. The first-order chi connectivity index (χ1) is 8.49. The lowest BCUT2D eigenvalue weighted by Gasteiger charge is -2.23. The van der Waals surface area contributed by atoms with Crippen LogP contribution in [-0.2, 0) is 4.79 Å². The van der Waals surface area contributed by atoms with Crippen LogP contribution in [0.5, 0.6) is 0 Å². The number of nitro benzene ring substituents is 1. The number of carboxylic acids is 1. The minimum absolute atomic E-state index is 0.0506. The molecule has 7 heteroatoms. The largest absolute Gasteiger partial charge is 0.480 e. The minimum Gasteiger partial charge on any atom is -0.480 e. The molecule has 18 heavy (non-hydrogen) atoms. The van der Waals surface area contributed by atoms with Crippen LogP contribution in [0.4, 0.5) is 11.4 Å². The van der Waals surface area contributed by atoms with E-state index in [-0.39, 0.29) is 18.7 Å². The summed E-state index contributed by atoms with van der Waals surface area (Å²) in [5.41, 5.74) is 0.509. The first kappa shape index (κ1) is 12.3. The molecule has 96 valence electrons. The molecule has 1 aliphatic rings. The number of aliphatic hydroxyl groups is 1. The molecular weight excluding hydrogens is 240 g/mol. The molecule has 0 saturated carbocycles. The van der Waals surface area contributed by atoms with Gasteiger partial charge < -0.3 is 15.1 Å². The maximum Gasteiger partial charge on any atom is 0.326 e. The number of nitro groups is 1. The molecular formula is C11H12N2O5. The number of hydrogen-bond donors (Lipinski definition) is 2. The number of aliphatic carboxylic acids is 1. The third kappa shape index (κ3) is 2.25. The van der Waals surface area contributed by atoms with Gasteiger partial charge in [0.2, 0.25) is 0 Å². The number of β-amino-alcohol motifs (C(OH)–C–C–N with tert-alkyl or cyclic N) is 1. The Balaban J connectivity index is 2.24. The number of hydrogen-bond acceptors (Lipinski definition) is 5. The highest BCUT2D eigenvalue weighted by Gasteiger charge is 2.36. The van der Waals surface area contributed by atoms with Crippen LogP contribution in [0, 0.1) is 10.1 Å². The van der Waals surface area contributed by atoms with Crippen LogP contribution in [0.1, 0.15) is 6.42 Å². The number of nitrogens with zero attached hydrogens (tertiary/aromatic N) is 2. The predicted molar refractivity (Wildman–Crippen MR) is 62.5 cm³/mol. The number of benzene rings is 1. The van der Waals surface area contributed by atoms with E-state index in [1.807, 2.05) is 0 Å². The van der Waals surface area contributed by atoms with Crippen LogP contribution < -0.4 is 4.90 Å². The SMILES string of the molecule is O=C(O)[C@@H]1CC(O)CN1c1ccc([N+](=O)[O-])cc1. The van der Waals surface area contributed by atoms with Gasteiger partial charge >= 0.3 is 5.97 Å². The Morgan fingerprint density at radius 1 is 1.39 bits per heavy atom. The molecule has 1 saturated heterocycles. The van der Waals surface area contributed by atoms with Crippen molar-refractivity contribution in [1.29, 1.82) is 0 Å². The van der Waals surface area contributed by atoms with Gasteiger partial charge in [-0.15, -0.1) is 0 Å². The Labute approximate surface area is 102 Å². The van der Waals surface area contributed by atoms with Crippen molar-refractivity contribution in [3.05, 3.63) is 34.4 Å². The summed E-state index contributed by atoms with van der Waals surface area (Å²) >= 11 is 0. The Kier molecular flexibility index (Phi) is 3.15. The second-order valence-electron chi connectivity index (χ2n) is 4.17. The standard InChI is InChI=1S/C11H12N2O5/c14-9-5-10(11(15)16)12(6-9)7-1-3-8(4-2-7)13(17)18/h1-4,9-10,14H,5-6H2,(H,15,16)/t9?,10-/m0/s1. The van der Waals surface area contributed by atoms with E-state index in [4.69, 9.17) is 5.11 Å². The maximum absolute atomic E-state index is 11.0. The van der Waals surface area contributed by atoms with E-state index in [9.17, 15) is 20.0 Å². The summed E-state index contributed by atoms with van der Waals surface area (Å²) in [4.78, 5) is 22.6. The molecule has 0 amide bonds. The highest BCUT2D eigenvalue weighted by Crippen LogP contribution is 2.27. The molecule has 0 aliphatic carbocycles. The van der Waals surface area contributed by atoms with Crippen molar-refractivity contribution in [2.75, 3.05) is 11.4 Å². The lowest BCUT2D eigenvalue weighted by molar-refractivity contribution is -0.384. The monoisotopic (exact) mass is 252 g/mol. The van der Waals surface area contributed by atoms with Gasteiger partial charge in [0, 0.05) is 30.8 Å². The predicted octanol–water partition coefficient (Wildman–Crippen LogP) is 0.619. The van der Waals surface area contributed by atoms with E-state index in [0.717, 1.165) is 0 Å². The quantitative estimate of drug-likeness (QED) is 0.603. The van der Waals surface area contributed by atoms with E-state index < -0.39 is 23.0 Å². The molecule has 0 spiro atoms. The van der Waals surface area contributed by atoms with Crippen molar-refractivity contribution in [2.45, 2.75) is 18.6 Å². The number of non-ortho nitro benzene ring substituents is 1. The zero-order valence-electron chi connectivity index (χ0n) is 9.39. The molecule has 1 heterocycles. The van der Waals surface area contributed by atoms with Gasteiger partial charge in [-0.2, -0.15) is 0 Å². The van der Waals surface area contributed by atoms with Crippen molar-refractivity contribution in [2.24, 2.45) is 0 Å². The highest BCUT2D eigenvalue weighted by molar-refractivity contribution is 5.79. The maximum atomic E-state index is 11.0. The van der Waals surface area contributed by atoms with Gasteiger partial charge in [-0.3, -0.25) is 10.1 Å². The molecule has 0 radical (unpaired) electrons. The molecule has 1 aliphatic heterocycles. The van der Waals surface area contributed by atoms with Crippen LogP contribution in [0.25, 0.3) is 0 Å². The topological polar surface area (TPSA) is 104 Å². The van der Waals surface area contributed by atoms with Gasteiger partial charge in [-0.25, -0.2) is 4.79 Å². The number of carbonyl (C=O) groups is 1. The molecule has 2 N–H and O–H groups in total. The van der Waals surface area contributed by atoms with Crippen molar-refractivity contribution in [1.82, 2.24) is 0 Å². The van der Waals surface area contributed by atoms with Crippen LogP contribution in [0.15, 0.2) is 24.3 Å². The van der Waals surface area contributed by atoms with E-state index in [2.05, 4.69) is 0 Å². The van der Waals surface area contributed by atoms with Crippen LogP contribution in [0.3, 0.4) is 0 Å². The fourth-order valence-electron chi connectivity index (χ4n) is 2.10. The van der Waals surface area contributed by atoms with Crippen molar-refractivity contribution in [3.8, 4) is 0 Å². The Hall–Kier alpha value is -2.15. The number of anilines is 1. The zero-order valence-corrected chi connectivity index (χ0v) is 9.39. The van der Waals surface area contributed by atoms with Crippen LogP contribution >= 0.6 is 0 Å². The van der Waals surface area contributed by atoms with Gasteiger partial charge in [0.1, 0.15) is 6.04 Å². The fourth-order valence-corrected chi connectivity index (χ4v) is 2.10. The van der Waals surface area contributed by atoms with E-state index in [0.29, 0.717) is 5.69 Å². The smallest absolute Gasteiger partial charge is 0.326 e. The molecule has 0 bridgehead atoms. The molecule has 1 aromatic rings. The Morgan fingerprint density at radius 3 is 2.50 bits per heavy atom. The minimum atomic E-state index is -1.01.